The summed E-state index contributed by atoms with van der Waals surface area (Å²) >= 11 is 0. The molecular weight excluding hydrogens is 304 g/mol. The van der Waals surface area contributed by atoms with Crippen molar-refractivity contribution >= 4 is 24.3 Å². The number of carboxylic acid groups (broad SMARTS) is 2. The number of imide groups is 1. The van der Waals surface area contributed by atoms with Gasteiger partial charge in [-0.25, -0.2) is 4.79 Å². The molecule has 0 fully saturated rings. The fourth-order valence-electron chi connectivity index (χ4n) is 2.10. The number of carbonyl (C=O) groups is 4. The van der Waals surface area contributed by atoms with E-state index in [1.807, 2.05) is 0 Å². The highest BCUT2D eigenvalue weighted by molar-refractivity contribution is 5.96. The Labute approximate surface area is 132 Å². The van der Waals surface area contributed by atoms with E-state index in [9.17, 15) is 24.3 Å². The number of hydrogen-bond acceptors (Lipinski definition) is 5. The topological polar surface area (TPSA) is 138 Å². The highest BCUT2D eigenvalue weighted by atomic mass is 16.4. The van der Waals surface area contributed by atoms with Crippen LogP contribution in [-0.2, 0) is 25.6 Å². The standard InChI is InChI=1S/C15H18N2O6/c1-9-4-2-3-5-10(9)6-12(15(22)23)17(8-18)14(21)11(16)7-13(19)20/h2-5,8,11-12H,6-7,16H2,1H3,(H,19,20)(H,22,23). The lowest BCUT2D eigenvalue weighted by Crippen LogP contribution is -2.52. The van der Waals surface area contributed by atoms with Crippen LogP contribution in [0.5, 0.6) is 0 Å². The van der Waals surface area contributed by atoms with Crippen molar-refractivity contribution in [1.29, 1.82) is 0 Å². The summed E-state index contributed by atoms with van der Waals surface area (Å²) in [7, 11) is 0. The number of rotatable bonds is 8. The zero-order valence-corrected chi connectivity index (χ0v) is 12.5. The summed E-state index contributed by atoms with van der Waals surface area (Å²) in [5.41, 5.74) is 6.90. The number of nitrogens with two attached hydrogens (primary N) is 1. The first kappa shape index (κ1) is 18.3. The summed E-state index contributed by atoms with van der Waals surface area (Å²) < 4.78 is 0. The van der Waals surface area contributed by atoms with Gasteiger partial charge in [-0.1, -0.05) is 24.3 Å². The van der Waals surface area contributed by atoms with Crippen LogP contribution in [0.25, 0.3) is 0 Å². The molecule has 23 heavy (non-hydrogen) atoms. The van der Waals surface area contributed by atoms with Gasteiger partial charge in [-0.2, -0.15) is 0 Å². The van der Waals surface area contributed by atoms with Crippen LogP contribution in [0, 0.1) is 6.92 Å². The van der Waals surface area contributed by atoms with Crippen molar-refractivity contribution in [2.24, 2.45) is 5.73 Å². The molecular formula is C15H18N2O6. The highest BCUT2D eigenvalue weighted by Crippen LogP contribution is 2.14. The fraction of sp³-hybridized carbons (Fsp3) is 0.333. The van der Waals surface area contributed by atoms with Crippen molar-refractivity contribution in [1.82, 2.24) is 4.90 Å². The van der Waals surface area contributed by atoms with E-state index in [0.29, 0.717) is 10.5 Å². The average molecular weight is 322 g/mol. The third-order valence-electron chi connectivity index (χ3n) is 3.38. The molecule has 2 amide bonds. The second-order valence-corrected chi connectivity index (χ2v) is 5.04. The Morgan fingerprint density at radius 1 is 1.26 bits per heavy atom. The summed E-state index contributed by atoms with van der Waals surface area (Å²) in [6.07, 6.45) is -0.715. The molecule has 0 saturated heterocycles. The van der Waals surface area contributed by atoms with E-state index in [0.717, 1.165) is 5.56 Å². The van der Waals surface area contributed by atoms with Crippen molar-refractivity contribution in [3.05, 3.63) is 35.4 Å². The zero-order chi connectivity index (χ0) is 17.6. The van der Waals surface area contributed by atoms with Gasteiger partial charge in [0.15, 0.2) is 0 Å². The van der Waals surface area contributed by atoms with Gasteiger partial charge >= 0.3 is 11.9 Å². The lowest BCUT2D eigenvalue weighted by molar-refractivity contribution is -0.155. The van der Waals surface area contributed by atoms with Gasteiger partial charge in [-0.3, -0.25) is 19.3 Å². The number of hydrogen-bond donors (Lipinski definition) is 3. The molecule has 0 aliphatic carbocycles. The Morgan fingerprint density at radius 3 is 2.35 bits per heavy atom. The maximum Gasteiger partial charge on any atom is 0.327 e. The number of carbonyl (C=O) groups excluding carboxylic acids is 2. The average Bonchev–Trinajstić information content (AvgIpc) is 2.47. The van der Waals surface area contributed by atoms with Gasteiger partial charge in [0, 0.05) is 6.42 Å². The number of aliphatic carboxylic acids is 2. The first-order valence-corrected chi connectivity index (χ1v) is 6.80. The number of benzene rings is 1. The van der Waals surface area contributed by atoms with E-state index in [4.69, 9.17) is 10.8 Å². The summed E-state index contributed by atoms with van der Waals surface area (Å²) in [5.74, 6) is -3.73. The van der Waals surface area contributed by atoms with Gasteiger partial charge in [0.25, 0.3) is 0 Å². The maximum atomic E-state index is 12.1. The van der Waals surface area contributed by atoms with E-state index in [-0.39, 0.29) is 12.8 Å². The fourth-order valence-corrected chi connectivity index (χ4v) is 2.10. The Kier molecular flexibility index (Phi) is 6.40. The SMILES string of the molecule is Cc1ccccc1CC(C(=O)O)N(C=O)C(=O)C(N)CC(=O)O. The van der Waals surface area contributed by atoms with Gasteiger partial charge in [0.1, 0.15) is 6.04 Å². The first-order valence-electron chi connectivity index (χ1n) is 6.80. The molecule has 8 heteroatoms. The van der Waals surface area contributed by atoms with Crippen LogP contribution in [0.4, 0.5) is 0 Å². The molecule has 2 atom stereocenters. The van der Waals surface area contributed by atoms with Crippen LogP contribution in [-0.4, -0.2) is 51.5 Å². The van der Waals surface area contributed by atoms with Crippen molar-refractivity contribution < 1.29 is 29.4 Å². The van der Waals surface area contributed by atoms with Crippen molar-refractivity contribution in [2.45, 2.75) is 31.8 Å². The van der Waals surface area contributed by atoms with Crippen LogP contribution in [0.2, 0.25) is 0 Å². The summed E-state index contributed by atoms with van der Waals surface area (Å²) in [4.78, 5) is 45.8. The second kappa shape index (κ2) is 8.04. The van der Waals surface area contributed by atoms with Crippen LogP contribution >= 0.6 is 0 Å². The van der Waals surface area contributed by atoms with Crippen LogP contribution < -0.4 is 5.73 Å². The van der Waals surface area contributed by atoms with Crippen molar-refractivity contribution in [3.8, 4) is 0 Å². The minimum Gasteiger partial charge on any atom is -0.481 e. The first-order chi connectivity index (χ1) is 10.8. The van der Waals surface area contributed by atoms with E-state index < -0.39 is 36.4 Å². The number of carboxylic acids is 2. The van der Waals surface area contributed by atoms with E-state index in [1.165, 1.54) is 0 Å². The zero-order valence-electron chi connectivity index (χ0n) is 12.5. The molecule has 0 aliphatic rings. The summed E-state index contributed by atoms with van der Waals surface area (Å²) in [6, 6.07) is 4.01. The number of amides is 2. The Balaban J connectivity index is 3.03. The molecule has 0 bridgehead atoms. The smallest absolute Gasteiger partial charge is 0.327 e. The molecule has 2 unspecified atom stereocenters. The molecule has 0 saturated carbocycles. The van der Waals surface area contributed by atoms with Gasteiger partial charge < -0.3 is 15.9 Å². The monoisotopic (exact) mass is 322 g/mol. The maximum absolute atomic E-state index is 12.1. The van der Waals surface area contributed by atoms with Crippen molar-refractivity contribution in [2.75, 3.05) is 0 Å². The number of nitrogens with zero attached hydrogens (tertiary/aromatic N) is 1. The van der Waals surface area contributed by atoms with Gasteiger partial charge in [-0.05, 0) is 18.1 Å². The third-order valence-corrected chi connectivity index (χ3v) is 3.38. The molecule has 1 rings (SSSR count). The van der Waals surface area contributed by atoms with Crippen molar-refractivity contribution in [3.63, 3.8) is 0 Å². The van der Waals surface area contributed by atoms with Crippen LogP contribution in [0.15, 0.2) is 24.3 Å². The molecule has 0 aliphatic heterocycles. The molecule has 0 heterocycles. The quantitative estimate of drug-likeness (QED) is 0.562. The molecule has 4 N–H and O–H groups in total. The Bertz CT molecular complexity index is 616. The third kappa shape index (κ3) is 4.89. The molecule has 1 aromatic carbocycles. The summed E-state index contributed by atoms with van der Waals surface area (Å²) in [6.45, 7) is 1.78. The van der Waals surface area contributed by atoms with E-state index in [2.05, 4.69) is 0 Å². The molecule has 0 radical (unpaired) electrons. The molecule has 124 valence electrons. The van der Waals surface area contributed by atoms with Gasteiger partial charge in [-0.15, -0.1) is 0 Å². The predicted molar refractivity (Wildman–Crippen MR) is 79.4 cm³/mol. The molecule has 0 aromatic heterocycles. The predicted octanol–water partition coefficient (Wildman–Crippen LogP) is -0.222. The minimum atomic E-state index is -1.49. The summed E-state index contributed by atoms with van der Waals surface area (Å²) in [5, 5.41) is 18.0. The Morgan fingerprint density at radius 2 is 1.87 bits per heavy atom. The Hall–Kier alpha value is -2.74. The lowest BCUT2D eigenvalue weighted by atomic mass is 10.00. The molecule has 0 spiro atoms. The van der Waals surface area contributed by atoms with Gasteiger partial charge in [0.2, 0.25) is 12.3 Å². The largest absolute Gasteiger partial charge is 0.481 e. The molecule has 1 aromatic rings. The van der Waals surface area contributed by atoms with E-state index in [1.54, 1.807) is 31.2 Å². The van der Waals surface area contributed by atoms with Crippen LogP contribution in [0.1, 0.15) is 17.5 Å². The van der Waals surface area contributed by atoms with E-state index >= 15 is 0 Å². The lowest BCUT2D eigenvalue weighted by Gasteiger charge is -2.26. The highest BCUT2D eigenvalue weighted by Gasteiger charge is 2.33. The minimum absolute atomic E-state index is 0.0705. The normalized spacial score (nSPS) is 13.0. The van der Waals surface area contributed by atoms with Gasteiger partial charge in [0.05, 0.1) is 12.5 Å². The molecule has 8 nitrogen and oxygen atoms in total. The van der Waals surface area contributed by atoms with Crippen LogP contribution in [0.3, 0.4) is 0 Å². The second-order valence-electron chi connectivity index (χ2n) is 5.04. The number of aryl methyl sites for hydroxylation is 1.